The van der Waals surface area contributed by atoms with Gasteiger partial charge in [0, 0.05) is 26.0 Å². The van der Waals surface area contributed by atoms with Crippen LogP contribution in [0.15, 0.2) is 23.4 Å². The quantitative estimate of drug-likeness (QED) is 0.876. The molecule has 0 radical (unpaired) electrons. The summed E-state index contributed by atoms with van der Waals surface area (Å²) in [6, 6.07) is 1.48. The second kappa shape index (κ2) is 4.10. The lowest BCUT2D eigenvalue weighted by atomic mass is 10.0. The Morgan fingerprint density at radius 3 is 2.67 bits per heavy atom. The van der Waals surface area contributed by atoms with E-state index in [2.05, 4.69) is 0 Å². The van der Waals surface area contributed by atoms with Crippen molar-refractivity contribution in [2.75, 3.05) is 6.54 Å². The highest BCUT2D eigenvalue weighted by atomic mass is 32.2. The summed E-state index contributed by atoms with van der Waals surface area (Å²) in [6.45, 7) is 1.71. The Kier molecular flexibility index (Phi) is 2.98. The number of hydrogen-bond acceptors (Lipinski definition) is 3. The topological polar surface area (TPSA) is 79.6 Å². The van der Waals surface area contributed by atoms with Crippen molar-refractivity contribution in [3.05, 3.63) is 18.5 Å². The minimum atomic E-state index is -3.74. The molecule has 0 amide bonds. The van der Waals surface area contributed by atoms with Crippen LogP contribution in [-0.4, -0.2) is 40.4 Å². The Balaban J connectivity index is 2.45. The van der Waals surface area contributed by atoms with E-state index in [0.717, 1.165) is 4.31 Å². The first kappa shape index (κ1) is 13.1. The van der Waals surface area contributed by atoms with Crippen molar-refractivity contribution in [3.63, 3.8) is 0 Å². The molecular weight excluding hydrogens is 256 g/mol. The Hall–Kier alpha value is -1.34. The van der Waals surface area contributed by atoms with Crippen LogP contribution >= 0.6 is 0 Å². The zero-order chi connectivity index (χ0) is 13.6. The Labute approximate surface area is 106 Å². The lowest BCUT2D eigenvalue weighted by molar-refractivity contribution is -0.146. The fourth-order valence-corrected chi connectivity index (χ4v) is 4.15. The van der Waals surface area contributed by atoms with Gasteiger partial charge in [-0.1, -0.05) is 0 Å². The van der Waals surface area contributed by atoms with E-state index in [-0.39, 0.29) is 11.4 Å². The molecule has 0 spiro atoms. The van der Waals surface area contributed by atoms with Crippen LogP contribution in [0.3, 0.4) is 0 Å². The van der Waals surface area contributed by atoms with Gasteiger partial charge in [-0.25, -0.2) is 8.42 Å². The van der Waals surface area contributed by atoms with Crippen LogP contribution in [0.2, 0.25) is 0 Å². The van der Waals surface area contributed by atoms with Crippen LogP contribution in [-0.2, 0) is 21.9 Å². The normalized spacial score (nSPS) is 25.4. The van der Waals surface area contributed by atoms with Gasteiger partial charge in [-0.3, -0.25) is 4.79 Å². The van der Waals surface area contributed by atoms with Gasteiger partial charge < -0.3 is 9.67 Å². The van der Waals surface area contributed by atoms with Gasteiger partial charge in [0.05, 0.1) is 4.90 Å². The van der Waals surface area contributed by atoms with E-state index in [9.17, 15) is 18.3 Å². The molecule has 1 atom stereocenters. The Morgan fingerprint density at radius 2 is 2.17 bits per heavy atom. The number of nitrogens with zero attached hydrogens (tertiary/aromatic N) is 2. The van der Waals surface area contributed by atoms with Gasteiger partial charge in [0.2, 0.25) is 10.0 Å². The molecule has 2 rings (SSSR count). The van der Waals surface area contributed by atoms with E-state index < -0.39 is 21.5 Å². The molecule has 100 valence electrons. The van der Waals surface area contributed by atoms with Gasteiger partial charge in [0.25, 0.3) is 0 Å². The number of rotatable bonds is 3. The highest BCUT2D eigenvalue weighted by Crippen LogP contribution is 2.34. The van der Waals surface area contributed by atoms with Crippen LogP contribution < -0.4 is 0 Å². The summed E-state index contributed by atoms with van der Waals surface area (Å²) in [7, 11) is -2.02. The smallest absolute Gasteiger partial charge is 0.324 e. The number of hydrogen-bond donors (Lipinski definition) is 1. The number of aryl methyl sites for hydroxylation is 1. The largest absolute Gasteiger partial charge is 0.480 e. The first-order valence-corrected chi connectivity index (χ1v) is 7.11. The molecule has 6 nitrogen and oxygen atoms in total. The Morgan fingerprint density at radius 1 is 1.50 bits per heavy atom. The molecule has 1 N–H and O–H groups in total. The summed E-state index contributed by atoms with van der Waals surface area (Å²) >= 11 is 0. The molecule has 0 saturated carbocycles. The summed E-state index contributed by atoms with van der Waals surface area (Å²) in [5, 5.41) is 9.25. The van der Waals surface area contributed by atoms with Crippen LogP contribution in [0.25, 0.3) is 0 Å². The minimum absolute atomic E-state index is 0.138. The zero-order valence-electron chi connectivity index (χ0n) is 10.3. The van der Waals surface area contributed by atoms with Crippen LogP contribution in [0.4, 0.5) is 0 Å². The molecule has 1 fully saturated rings. The van der Waals surface area contributed by atoms with E-state index >= 15 is 0 Å². The van der Waals surface area contributed by atoms with Crippen molar-refractivity contribution < 1.29 is 18.3 Å². The zero-order valence-corrected chi connectivity index (χ0v) is 11.1. The monoisotopic (exact) mass is 272 g/mol. The summed E-state index contributed by atoms with van der Waals surface area (Å²) in [5.41, 5.74) is -1.34. The molecule has 0 aromatic carbocycles. The third-order valence-electron chi connectivity index (χ3n) is 3.43. The van der Waals surface area contributed by atoms with Gasteiger partial charge in [0.1, 0.15) is 5.54 Å². The van der Waals surface area contributed by atoms with E-state index in [0.29, 0.717) is 12.8 Å². The number of carboxylic acids is 1. The van der Waals surface area contributed by atoms with Crippen LogP contribution in [0, 0.1) is 0 Å². The van der Waals surface area contributed by atoms with Crippen molar-refractivity contribution in [2.24, 2.45) is 7.05 Å². The van der Waals surface area contributed by atoms with Crippen molar-refractivity contribution >= 4 is 16.0 Å². The number of aromatic nitrogens is 1. The van der Waals surface area contributed by atoms with Crippen molar-refractivity contribution in [2.45, 2.75) is 30.2 Å². The molecule has 0 bridgehead atoms. The van der Waals surface area contributed by atoms with E-state index in [1.807, 2.05) is 0 Å². The fourth-order valence-electron chi connectivity index (χ4n) is 2.30. The number of carboxylic acid groups (broad SMARTS) is 1. The number of sulfonamides is 1. The van der Waals surface area contributed by atoms with E-state index in [1.165, 1.54) is 19.2 Å². The first-order valence-electron chi connectivity index (χ1n) is 5.67. The van der Waals surface area contributed by atoms with E-state index in [4.69, 9.17) is 0 Å². The molecule has 18 heavy (non-hydrogen) atoms. The predicted octanol–water partition coefficient (Wildman–Crippen LogP) is 0.653. The lowest BCUT2D eigenvalue weighted by Gasteiger charge is -2.29. The van der Waals surface area contributed by atoms with Crippen LogP contribution in [0.1, 0.15) is 19.8 Å². The molecule has 0 aliphatic carbocycles. The maximum absolute atomic E-state index is 12.4. The molecular formula is C11H16N2O4S. The molecule has 1 aliphatic heterocycles. The van der Waals surface area contributed by atoms with Gasteiger partial charge in [0.15, 0.2) is 0 Å². The maximum Gasteiger partial charge on any atom is 0.324 e. The molecule has 1 unspecified atom stereocenters. The van der Waals surface area contributed by atoms with Crippen LogP contribution in [0.5, 0.6) is 0 Å². The first-order chi connectivity index (χ1) is 8.28. The molecule has 1 aromatic heterocycles. The summed E-state index contributed by atoms with van der Waals surface area (Å²) in [5.74, 6) is -1.10. The number of aliphatic carboxylic acids is 1. The third kappa shape index (κ3) is 1.83. The van der Waals surface area contributed by atoms with Crippen molar-refractivity contribution in [1.29, 1.82) is 0 Å². The standard InChI is InChI=1S/C11H16N2O4S/c1-11(10(14)15)5-3-6-13(11)18(16,17)9-4-7-12(2)8-9/h4,7-8H,3,5-6H2,1-2H3,(H,14,15). The lowest BCUT2D eigenvalue weighted by Crippen LogP contribution is -2.50. The molecule has 1 aliphatic rings. The highest BCUT2D eigenvalue weighted by Gasteiger charge is 2.49. The second-order valence-corrected chi connectivity index (χ2v) is 6.63. The molecule has 1 saturated heterocycles. The SMILES string of the molecule is Cn1ccc(S(=O)(=O)N2CCCC2(C)C(=O)O)c1. The summed E-state index contributed by atoms with van der Waals surface area (Å²) < 4.78 is 27.6. The van der Waals surface area contributed by atoms with E-state index in [1.54, 1.807) is 17.8 Å². The van der Waals surface area contributed by atoms with Gasteiger partial charge in [-0.05, 0) is 25.8 Å². The van der Waals surface area contributed by atoms with Crippen molar-refractivity contribution in [3.8, 4) is 0 Å². The number of carbonyl (C=O) groups is 1. The average Bonchev–Trinajstić information content (AvgIpc) is 2.85. The maximum atomic E-state index is 12.4. The van der Waals surface area contributed by atoms with Crippen molar-refractivity contribution in [1.82, 2.24) is 8.87 Å². The summed E-state index contributed by atoms with van der Waals surface area (Å²) in [4.78, 5) is 11.4. The predicted molar refractivity (Wildman–Crippen MR) is 64.6 cm³/mol. The van der Waals surface area contributed by atoms with Gasteiger partial charge in [-0.2, -0.15) is 4.31 Å². The minimum Gasteiger partial charge on any atom is -0.480 e. The third-order valence-corrected chi connectivity index (χ3v) is 5.43. The summed E-state index contributed by atoms with van der Waals surface area (Å²) in [6.07, 6.45) is 4.01. The highest BCUT2D eigenvalue weighted by molar-refractivity contribution is 7.89. The Bertz CT molecular complexity index is 578. The second-order valence-electron chi connectivity index (χ2n) is 4.77. The molecule has 1 aromatic rings. The molecule has 2 heterocycles. The fraction of sp³-hybridized carbons (Fsp3) is 0.545. The molecule has 7 heteroatoms. The average molecular weight is 272 g/mol. The van der Waals surface area contributed by atoms with Gasteiger partial charge >= 0.3 is 5.97 Å². The van der Waals surface area contributed by atoms with Gasteiger partial charge in [-0.15, -0.1) is 0 Å².